The van der Waals surface area contributed by atoms with Crippen LogP contribution in [0.3, 0.4) is 0 Å². The van der Waals surface area contributed by atoms with Gasteiger partial charge < -0.3 is 4.74 Å². The lowest BCUT2D eigenvalue weighted by atomic mass is 9.86. The van der Waals surface area contributed by atoms with E-state index in [4.69, 9.17) is 0 Å². The standard InChI is InChI=1S/C10H12F8O4/c11-2-1-8(13,14)6(12)4-20-22-21-5-19-7-3-9(15,16)10(7,17)18/h6-7H,1-5H2. The summed E-state index contributed by atoms with van der Waals surface area (Å²) in [4.78, 5) is 7.76. The molecule has 1 aliphatic rings. The first-order valence-corrected chi connectivity index (χ1v) is 5.91. The largest absolute Gasteiger partial charge is 0.342 e. The molecule has 2 atom stereocenters. The second kappa shape index (κ2) is 7.23. The predicted molar refractivity (Wildman–Crippen MR) is 52.8 cm³/mol. The minimum absolute atomic E-state index is 1.08. The molecule has 0 spiro atoms. The molecule has 12 heteroatoms. The molecule has 0 aromatic heterocycles. The molecule has 0 N–H and O–H groups in total. The lowest BCUT2D eigenvalue weighted by Crippen LogP contribution is -2.63. The van der Waals surface area contributed by atoms with Gasteiger partial charge in [-0.3, -0.25) is 4.39 Å². The van der Waals surface area contributed by atoms with Crippen LogP contribution in [-0.4, -0.2) is 50.1 Å². The minimum atomic E-state index is -4.37. The van der Waals surface area contributed by atoms with Crippen molar-refractivity contribution in [3.05, 3.63) is 0 Å². The Morgan fingerprint density at radius 2 is 1.77 bits per heavy atom. The summed E-state index contributed by atoms with van der Waals surface area (Å²) in [5, 5.41) is 3.69. The summed E-state index contributed by atoms with van der Waals surface area (Å²) in [7, 11) is 0. The zero-order valence-corrected chi connectivity index (χ0v) is 10.8. The van der Waals surface area contributed by atoms with Crippen molar-refractivity contribution in [1.82, 2.24) is 0 Å². The summed E-state index contributed by atoms with van der Waals surface area (Å²) < 4.78 is 104. The van der Waals surface area contributed by atoms with Crippen LogP contribution in [-0.2, 0) is 19.6 Å². The Bertz CT molecular complexity index is 354. The Labute approximate surface area is 119 Å². The van der Waals surface area contributed by atoms with E-state index in [2.05, 4.69) is 19.6 Å². The summed E-state index contributed by atoms with van der Waals surface area (Å²) in [6.45, 7) is -3.85. The fourth-order valence-corrected chi connectivity index (χ4v) is 1.42. The van der Waals surface area contributed by atoms with Crippen LogP contribution in [0.25, 0.3) is 0 Å². The summed E-state index contributed by atoms with van der Waals surface area (Å²) >= 11 is 0. The Morgan fingerprint density at radius 3 is 2.27 bits per heavy atom. The van der Waals surface area contributed by atoms with E-state index in [0.717, 1.165) is 0 Å². The summed E-state index contributed by atoms with van der Waals surface area (Å²) in [6, 6.07) is 0. The molecule has 22 heavy (non-hydrogen) atoms. The Hall–Kier alpha value is -0.720. The van der Waals surface area contributed by atoms with Gasteiger partial charge in [0, 0.05) is 6.42 Å². The lowest BCUT2D eigenvalue weighted by Gasteiger charge is -2.42. The SMILES string of the molecule is FCCC(F)(F)C(F)COOOCOC1CC(F)(F)C1(F)F. The van der Waals surface area contributed by atoms with Gasteiger partial charge in [0.2, 0.25) is 0 Å². The second-order valence-corrected chi connectivity index (χ2v) is 4.44. The summed E-state index contributed by atoms with van der Waals surface area (Å²) in [6.07, 6.45) is -7.57. The third kappa shape index (κ3) is 4.40. The average molecular weight is 348 g/mol. The molecule has 4 nitrogen and oxygen atoms in total. The molecule has 0 amide bonds. The molecular weight excluding hydrogens is 336 g/mol. The first kappa shape index (κ1) is 19.3. The molecule has 132 valence electrons. The molecule has 1 fully saturated rings. The van der Waals surface area contributed by atoms with Crippen LogP contribution < -0.4 is 0 Å². The lowest BCUT2D eigenvalue weighted by molar-refractivity contribution is -0.536. The van der Waals surface area contributed by atoms with Crippen LogP contribution in [0, 0.1) is 0 Å². The van der Waals surface area contributed by atoms with E-state index in [-0.39, 0.29) is 0 Å². The normalized spacial score (nSPS) is 24.8. The Morgan fingerprint density at radius 1 is 1.14 bits per heavy atom. The monoisotopic (exact) mass is 348 g/mol. The Kier molecular flexibility index (Phi) is 6.36. The summed E-state index contributed by atoms with van der Waals surface area (Å²) in [5.41, 5.74) is 0. The molecule has 1 aliphatic carbocycles. The smallest absolute Gasteiger partial charge is 0.336 e. The van der Waals surface area contributed by atoms with Crippen LogP contribution >= 0.6 is 0 Å². The van der Waals surface area contributed by atoms with Crippen molar-refractivity contribution in [1.29, 1.82) is 0 Å². The van der Waals surface area contributed by atoms with E-state index in [0.29, 0.717) is 0 Å². The van der Waals surface area contributed by atoms with Crippen molar-refractivity contribution < 1.29 is 54.7 Å². The van der Waals surface area contributed by atoms with Crippen LogP contribution in [0.4, 0.5) is 35.1 Å². The quantitative estimate of drug-likeness (QED) is 0.200. The minimum Gasteiger partial charge on any atom is -0.342 e. The maximum atomic E-state index is 12.9. The van der Waals surface area contributed by atoms with Gasteiger partial charge in [0.05, 0.1) is 13.1 Å². The number of hydrogen-bond acceptors (Lipinski definition) is 4. The fraction of sp³-hybridized carbons (Fsp3) is 1.00. The zero-order chi connectivity index (χ0) is 17.0. The van der Waals surface area contributed by atoms with E-state index in [1.165, 1.54) is 0 Å². The maximum Gasteiger partial charge on any atom is 0.336 e. The third-order valence-corrected chi connectivity index (χ3v) is 2.85. The Balaban J connectivity index is 2.10. The molecule has 2 unspecified atom stereocenters. The van der Waals surface area contributed by atoms with Crippen molar-refractivity contribution in [3.63, 3.8) is 0 Å². The van der Waals surface area contributed by atoms with Crippen molar-refractivity contribution in [2.75, 3.05) is 20.1 Å². The number of ether oxygens (including phenoxy) is 1. The first-order valence-electron chi connectivity index (χ1n) is 5.91. The fourth-order valence-electron chi connectivity index (χ4n) is 1.42. The van der Waals surface area contributed by atoms with Crippen LogP contribution in [0.2, 0.25) is 0 Å². The molecule has 1 saturated carbocycles. The van der Waals surface area contributed by atoms with Crippen molar-refractivity contribution in [3.8, 4) is 0 Å². The van der Waals surface area contributed by atoms with Gasteiger partial charge in [0.15, 0.2) is 13.0 Å². The van der Waals surface area contributed by atoms with Crippen LogP contribution in [0.5, 0.6) is 0 Å². The molecule has 0 aliphatic heterocycles. The van der Waals surface area contributed by atoms with Gasteiger partial charge >= 0.3 is 11.8 Å². The highest BCUT2D eigenvalue weighted by molar-refractivity contribution is 5.04. The molecule has 0 aromatic rings. The van der Waals surface area contributed by atoms with Gasteiger partial charge in [-0.05, 0) is 0 Å². The molecule has 0 heterocycles. The van der Waals surface area contributed by atoms with Crippen LogP contribution in [0.15, 0.2) is 0 Å². The zero-order valence-electron chi connectivity index (χ0n) is 10.8. The highest BCUT2D eigenvalue weighted by Gasteiger charge is 2.72. The second-order valence-electron chi connectivity index (χ2n) is 4.44. The van der Waals surface area contributed by atoms with Crippen LogP contribution in [0.1, 0.15) is 12.8 Å². The van der Waals surface area contributed by atoms with Gasteiger partial charge in [-0.2, -0.15) is 22.4 Å². The van der Waals surface area contributed by atoms with E-state index in [9.17, 15) is 35.1 Å². The van der Waals surface area contributed by atoms with E-state index < -0.39 is 63.0 Å². The first-order chi connectivity index (χ1) is 10.0. The van der Waals surface area contributed by atoms with Gasteiger partial charge in [0.25, 0.3) is 5.92 Å². The van der Waals surface area contributed by atoms with Crippen molar-refractivity contribution in [2.45, 2.75) is 42.9 Å². The van der Waals surface area contributed by atoms with Gasteiger partial charge in [-0.1, -0.05) is 5.04 Å². The third-order valence-electron chi connectivity index (χ3n) is 2.85. The molecule has 0 aromatic carbocycles. The van der Waals surface area contributed by atoms with E-state index >= 15 is 0 Å². The van der Waals surface area contributed by atoms with Crippen molar-refractivity contribution in [2.24, 2.45) is 0 Å². The van der Waals surface area contributed by atoms with Gasteiger partial charge in [0.1, 0.15) is 12.7 Å². The van der Waals surface area contributed by atoms with Gasteiger partial charge in [-0.15, -0.1) is 0 Å². The molecular formula is C10H12F8O4. The molecule has 0 bridgehead atoms. The number of halogens is 8. The van der Waals surface area contributed by atoms with Crippen molar-refractivity contribution >= 4 is 0 Å². The predicted octanol–water partition coefficient (Wildman–Crippen LogP) is 3.22. The highest BCUT2D eigenvalue weighted by atomic mass is 19.3. The molecule has 0 saturated heterocycles. The number of rotatable bonds is 10. The number of alkyl halides is 8. The number of hydrogen-bond donors (Lipinski definition) is 0. The molecule has 0 radical (unpaired) electrons. The average Bonchev–Trinajstić information content (AvgIpc) is 2.40. The van der Waals surface area contributed by atoms with E-state index in [1.807, 2.05) is 0 Å². The topological polar surface area (TPSA) is 36.9 Å². The highest BCUT2D eigenvalue weighted by Crippen LogP contribution is 2.52. The van der Waals surface area contributed by atoms with E-state index in [1.54, 1.807) is 0 Å². The maximum absolute atomic E-state index is 12.9. The molecule has 1 rings (SSSR count). The summed E-state index contributed by atoms with van der Waals surface area (Å²) in [5.74, 6) is -12.5. The van der Waals surface area contributed by atoms with Gasteiger partial charge in [-0.25, -0.2) is 18.1 Å².